The zero-order chi connectivity index (χ0) is 17.8. The van der Waals surface area contributed by atoms with Gasteiger partial charge in [-0.3, -0.25) is 9.78 Å². The minimum absolute atomic E-state index is 0.0654. The van der Waals surface area contributed by atoms with Crippen LogP contribution in [0.2, 0.25) is 0 Å². The molecule has 1 unspecified atom stereocenters. The Kier molecular flexibility index (Phi) is 4.93. The summed E-state index contributed by atoms with van der Waals surface area (Å²) in [6.45, 7) is 1.45. The van der Waals surface area contributed by atoms with Crippen molar-refractivity contribution < 1.29 is 14.1 Å². The second-order valence-electron chi connectivity index (χ2n) is 6.58. The molecule has 1 atom stereocenters. The van der Waals surface area contributed by atoms with Gasteiger partial charge in [-0.2, -0.15) is 0 Å². The van der Waals surface area contributed by atoms with Crippen LogP contribution in [0.5, 0.6) is 0 Å². The van der Waals surface area contributed by atoms with Crippen molar-refractivity contribution in [3.63, 3.8) is 0 Å². The molecule has 6 nitrogen and oxygen atoms in total. The van der Waals surface area contributed by atoms with Crippen LogP contribution in [0.25, 0.3) is 11.0 Å². The Labute approximate surface area is 151 Å². The minimum Gasteiger partial charge on any atom is -0.381 e. The Bertz CT molecular complexity index is 872. The summed E-state index contributed by atoms with van der Waals surface area (Å²) in [4.78, 5) is 17.0. The first kappa shape index (κ1) is 16.7. The van der Waals surface area contributed by atoms with E-state index in [4.69, 9.17) is 9.26 Å². The molecule has 2 aromatic heterocycles. The van der Waals surface area contributed by atoms with Gasteiger partial charge in [0.05, 0.1) is 12.5 Å². The molecule has 0 bridgehead atoms. The van der Waals surface area contributed by atoms with Crippen LogP contribution in [0, 0.1) is 5.92 Å². The summed E-state index contributed by atoms with van der Waals surface area (Å²) in [5, 5.41) is 8.13. The molecule has 26 heavy (non-hydrogen) atoms. The van der Waals surface area contributed by atoms with Crippen molar-refractivity contribution in [2.75, 3.05) is 13.2 Å². The van der Waals surface area contributed by atoms with E-state index in [1.807, 2.05) is 42.6 Å². The lowest BCUT2D eigenvalue weighted by Gasteiger charge is -2.31. The molecule has 1 amide bonds. The summed E-state index contributed by atoms with van der Waals surface area (Å²) in [7, 11) is 0. The lowest BCUT2D eigenvalue weighted by Crippen LogP contribution is -2.36. The zero-order valence-electron chi connectivity index (χ0n) is 14.4. The third kappa shape index (κ3) is 3.60. The summed E-state index contributed by atoms with van der Waals surface area (Å²) in [5.41, 5.74) is 2.39. The number of nitrogens with one attached hydrogen (secondary N) is 1. The van der Waals surface area contributed by atoms with E-state index in [-0.39, 0.29) is 18.4 Å². The molecule has 1 saturated heterocycles. The summed E-state index contributed by atoms with van der Waals surface area (Å²) >= 11 is 0. The van der Waals surface area contributed by atoms with Crippen LogP contribution in [-0.4, -0.2) is 29.3 Å². The van der Waals surface area contributed by atoms with E-state index in [1.54, 1.807) is 6.20 Å². The molecule has 0 saturated carbocycles. The van der Waals surface area contributed by atoms with Gasteiger partial charge >= 0.3 is 0 Å². The molecule has 1 N–H and O–H groups in total. The smallest absolute Gasteiger partial charge is 0.226 e. The first-order valence-corrected chi connectivity index (χ1v) is 8.91. The van der Waals surface area contributed by atoms with Crippen molar-refractivity contribution in [3.8, 4) is 0 Å². The lowest BCUT2D eigenvalue weighted by molar-refractivity contribution is -0.122. The SMILES string of the molecule is O=C(Cc1noc2ccccc12)NC(c1cccnc1)C1CCOCC1. The molecule has 134 valence electrons. The Balaban J connectivity index is 1.52. The van der Waals surface area contributed by atoms with Crippen LogP contribution in [0.4, 0.5) is 0 Å². The molecule has 1 aromatic carbocycles. The standard InChI is InChI=1S/C20H21N3O3/c24-19(12-17-16-5-1-2-6-18(16)26-23-17)22-20(14-7-10-25-11-8-14)15-4-3-9-21-13-15/h1-6,9,13-14,20H,7-8,10-12H2,(H,22,24). The summed E-state index contributed by atoms with van der Waals surface area (Å²) in [6.07, 6.45) is 5.61. The first-order chi connectivity index (χ1) is 12.8. The van der Waals surface area contributed by atoms with Gasteiger partial charge in [0.2, 0.25) is 5.91 Å². The van der Waals surface area contributed by atoms with E-state index in [9.17, 15) is 4.79 Å². The van der Waals surface area contributed by atoms with Gasteiger partial charge in [-0.25, -0.2) is 0 Å². The Morgan fingerprint density at radius 1 is 1.19 bits per heavy atom. The number of rotatable bonds is 5. The van der Waals surface area contributed by atoms with E-state index in [2.05, 4.69) is 15.5 Å². The molecule has 1 fully saturated rings. The third-order valence-corrected chi connectivity index (χ3v) is 4.88. The highest BCUT2D eigenvalue weighted by molar-refractivity contribution is 5.86. The Hall–Kier alpha value is -2.73. The highest BCUT2D eigenvalue weighted by atomic mass is 16.5. The highest BCUT2D eigenvalue weighted by Gasteiger charge is 2.27. The number of hydrogen-bond acceptors (Lipinski definition) is 5. The number of carbonyl (C=O) groups is 1. The molecule has 1 aliphatic rings. The highest BCUT2D eigenvalue weighted by Crippen LogP contribution is 2.30. The van der Waals surface area contributed by atoms with Crippen LogP contribution in [0.15, 0.2) is 53.3 Å². The molecule has 0 aliphatic carbocycles. The van der Waals surface area contributed by atoms with Gasteiger partial charge < -0.3 is 14.6 Å². The van der Waals surface area contributed by atoms with Gasteiger partial charge in [-0.1, -0.05) is 23.4 Å². The van der Waals surface area contributed by atoms with Crippen LogP contribution in [0.1, 0.15) is 30.1 Å². The van der Waals surface area contributed by atoms with Crippen LogP contribution in [-0.2, 0) is 16.0 Å². The van der Waals surface area contributed by atoms with E-state index in [0.29, 0.717) is 17.2 Å². The number of para-hydroxylation sites is 1. The molecule has 6 heteroatoms. The lowest BCUT2D eigenvalue weighted by atomic mass is 9.87. The average molecular weight is 351 g/mol. The van der Waals surface area contributed by atoms with Crippen molar-refractivity contribution in [1.82, 2.24) is 15.5 Å². The van der Waals surface area contributed by atoms with E-state index < -0.39 is 0 Å². The summed E-state index contributed by atoms with van der Waals surface area (Å²) < 4.78 is 10.8. The fourth-order valence-corrected chi connectivity index (χ4v) is 3.52. The summed E-state index contributed by atoms with van der Waals surface area (Å²) in [6, 6.07) is 11.4. The first-order valence-electron chi connectivity index (χ1n) is 8.91. The van der Waals surface area contributed by atoms with Crippen LogP contribution < -0.4 is 5.32 Å². The van der Waals surface area contributed by atoms with Gasteiger partial charge in [0.25, 0.3) is 0 Å². The number of ether oxygens (including phenoxy) is 1. The number of fused-ring (bicyclic) bond motifs is 1. The second-order valence-corrected chi connectivity index (χ2v) is 6.58. The van der Waals surface area contributed by atoms with Gasteiger partial charge in [0.15, 0.2) is 5.58 Å². The fourth-order valence-electron chi connectivity index (χ4n) is 3.52. The zero-order valence-corrected chi connectivity index (χ0v) is 14.4. The second kappa shape index (κ2) is 7.66. The number of carbonyl (C=O) groups excluding carboxylic acids is 1. The van der Waals surface area contributed by atoms with E-state index in [0.717, 1.165) is 37.0 Å². The van der Waals surface area contributed by atoms with Gasteiger partial charge in [-0.05, 0) is 42.5 Å². The maximum atomic E-state index is 12.7. The van der Waals surface area contributed by atoms with Gasteiger partial charge in [0.1, 0.15) is 5.69 Å². The minimum atomic E-state index is -0.0711. The van der Waals surface area contributed by atoms with Crippen molar-refractivity contribution in [2.24, 2.45) is 5.92 Å². The number of nitrogens with zero attached hydrogens (tertiary/aromatic N) is 2. The van der Waals surface area contributed by atoms with Crippen molar-refractivity contribution in [2.45, 2.75) is 25.3 Å². The third-order valence-electron chi connectivity index (χ3n) is 4.88. The predicted octanol–water partition coefficient (Wildman–Crippen LogP) is 3.05. The van der Waals surface area contributed by atoms with Crippen molar-refractivity contribution in [3.05, 3.63) is 60.0 Å². The number of aromatic nitrogens is 2. The molecular weight excluding hydrogens is 330 g/mol. The molecule has 3 aromatic rings. The molecule has 3 heterocycles. The van der Waals surface area contributed by atoms with Crippen molar-refractivity contribution >= 4 is 16.9 Å². The molecular formula is C20H21N3O3. The van der Waals surface area contributed by atoms with Crippen LogP contribution in [0.3, 0.4) is 0 Å². The Morgan fingerprint density at radius 3 is 2.85 bits per heavy atom. The number of hydrogen-bond donors (Lipinski definition) is 1. The maximum Gasteiger partial charge on any atom is 0.226 e. The molecule has 0 radical (unpaired) electrons. The molecule has 0 spiro atoms. The number of amides is 1. The van der Waals surface area contributed by atoms with E-state index >= 15 is 0 Å². The monoisotopic (exact) mass is 351 g/mol. The maximum absolute atomic E-state index is 12.7. The predicted molar refractivity (Wildman–Crippen MR) is 96.4 cm³/mol. The topological polar surface area (TPSA) is 77.3 Å². The van der Waals surface area contributed by atoms with Gasteiger partial charge in [-0.15, -0.1) is 0 Å². The number of benzene rings is 1. The largest absolute Gasteiger partial charge is 0.381 e. The Morgan fingerprint density at radius 2 is 2.04 bits per heavy atom. The average Bonchev–Trinajstić information content (AvgIpc) is 3.10. The summed E-state index contributed by atoms with van der Waals surface area (Å²) in [5.74, 6) is 0.273. The van der Waals surface area contributed by atoms with Crippen LogP contribution >= 0.6 is 0 Å². The quantitative estimate of drug-likeness (QED) is 0.764. The van der Waals surface area contributed by atoms with Gasteiger partial charge in [0, 0.05) is 31.0 Å². The van der Waals surface area contributed by atoms with Crippen molar-refractivity contribution in [1.29, 1.82) is 0 Å². The molecule has 1 aliphatic heterocycles. The van der Waals surface area contributed by atoms with E-state index in [1.165, 1.54) is 0 Å². The molecule has 4 rings (SSSR count). The normalized spacial score (nSPS) is 16.5. The number of pyridine rings is 1. The fraction of sp³-hybridized carbons (Fsp3) is 0.350.